The van der Waals surface area contributed by atoms with Crippen molar-refractivity contribution in [1.29, 1.82) is 0 Å². The van der Waals surface area contributed by atoms with Gasteiger partial charge in [0.05, 0.1) is 39.9 Å². The number of rotatable bonds is 12. The molecule has 3 saturated heterocycles. The molecule has 1 aromatic rings. The van der Waals surface area contributed by atoms with Crippen LogP contribution in [-0.2, 0) is 14.4 Å². The largest absolute Gasteiger partial charge is 0.394 e. The minimum atomic E-state index is -0.819. The molecule has 4 rings (SSSR count). The number of benzene rings is 1. The number of aliphatic hydroxyl groups is 1. The Balaban J connectivity index is 1.81. The number of amides is 3. The number of thioether (sulfide) groups is 1. The first-order chi connectivity index (χ1) is 18.3. The van der Waals surface area contributed by atoms with Crippen LogP contribution in [0.25, 0.3) is 0 Å². The van der Waals surface area contributed by atoms with Crippen LogP contribution in [0.1, 0.15) is 39.5 Å². The van der Waals surface area contributed by atoms with E-state index in [1.165, 1.54) is 0 Å². The average molecular weight is 560 g/mol. The Hall–Kier alpha value is -2.29. The van der Waals surface area contributed by atoms with Gasteiger partial charge in [-0.05, 0) is 37.8 Å². The van der Waals surface area contributed by atoms with Crippen molar-refractivity contribution in [2.24, 2.45) is 11.8 Å². The third-order valence-corrected chi connectivity index (χ3v) is 10.5. The van der Waals surface area contributed by atoms with Gasteiger partial charge in [-0.1, -0.05) is 49.7 Å². The quantitative estimate of drug-likeness (QED) is 0.389. The molecular formula is C29H38ClN3O4S. The number of likely N-dealkylation sites (tertiary alicyclic amines) is 1. The topological polar surface area (TPSA) is 81.2 Å². The Morgan fingerprint density at radius 3 is 2.55 bits per heavy atom. The number of anilines is 1. The van der Waals surface area contributed by atoms with Crippen LogP contribution in [0.4, 0.5) is 5.69 Å². The predicted molar refractivity (Wildman–Crippen MR) is 153 cm³/mol. The first kappa shape index (κ1) is 28.7. The summed E-state index contributed by atoms with van der Waals surface area (Å²) in [4.78, 5) is 47.7. The number of carbonyl (C=O) groups is 3. The van der Waals surface area contributed by atoms with Crippen LogP contribution in [0.2, 0.25) is 5.02 Å². The third-order valence-electron chi connectivity index (χ3n) is 8.21. The molecule has 1 N–H and O–H groups in total. The number of halogens is 1. The van der Waals surface area contributed by atoms with Crippen molar-refractivity contribution < 1.29 is 19.5 Å². The summed E-state index contributed by atoms with van der Waals surface area (Å²) in [6, 6.07) is 5.79. The van der Waals surface area contributed by atoms with Crippen LogP contribution in [-0.4, -0.2) is 80.9 Å². The van der Waals surface area contributed by atoms with Gasteiger partial charge in [-0.15, -0.1) is 24.9 Å². The minimum absolute atomic E-state index is 0.0274. The normalized spacial score (nSPS) is 28.2. The van der Waals surface area contributed by atoms with Gasteiger partial charge >= 0.3 is 0 Å². The molecule has 2 bridgehead atoms. The number of para-hydroxylation sites is 1. The van der Waals surface area contributed by atoms with Crippen LogP contribution in [0.15, 0.2) is 49.6 Å². The highest BCUT2D eigenvalue weighted by Gasteiger charge is 2.74. The number of hydrogen-bond acceptors (Lipinski definition) is 5. The number of carbonyl (C=O) groups excluding carboxylic acids is 3. The molecule has 0 saturated carbocycles. The average Bonchev–Trinajstić information content (AvgIpc) is 3.55. The van der Waals surface area contributed by atoms with Gasteiger partial charge in [0, 0.05) is 24.9 Å². The van der Waals surface area contributed by atoms with Crippen molar-refractivity contribution in [3.05, 3.63) is 54.6 Å². The third kappa shape index (κ3) is 4.58. The maximum atomic E-state index is 14.5. The van der Waals surface area contributed by atoms with Crippen molar-refractivity contribution in [3.63, 3.8) is 0 Å². The molecule has 1 spiro atoms. The van der Waals surface area contributed by atoms with Crippen molar-refractivity contribution >= 4 is 46.8 Å². The van der Waals surface area contributed by atoms with E-state index >= 15 is 0 Å². The molecule has 0 aromatic heterocycles. The second kappa shape index (κ2) is 11.8. The first-order valence-electron chi connectivity index (χ1n) is 13.5. The van der Waals surface area contributed by atoms with E-state index in [4.69, 9.17) is 11.6 Å². The van der Waals surface area contributed by atoms with Crippen LogP contribution in [0, 0.1) is 11.8 Å². The second-order valence-corrected chi connectivity index (χ2v) is 12.3. The van der Waals surface area contributed by atoms with Gasteiger partial charge in [0.25, 0.3) is 5.91 Å². The van der Waals surface area contributed by atoms with E-state index in [2.05, 4.69) is 13.2 Å². The first-order valence-corrected chi connectivity index (χ1v) is 14.7. The molecule has 6 atom stereocenters. The maximum Gasteiger partial charge on any atom is 0.251 e. The Morgan fingerprint density at radius 1 is 1.24 bits per heavy atom. The zero-order valence-electron chi connectivity index (χ0n) is 22.2. The van der Waals surface area contributed by atoms with Gasteiger partial charge in [-0.3, -0.25) is 14.4 Å². The van der Waals surface area contributed by atoms with Crippen LogP contribution >= 0.6 is 23.4 Å². The molecule has 206 valence electrons. The highest BCUT2D eigenvalue weighted by atomic mass is 35.5. The van der Waals surface area contributed by atoms with Crippen LogP contribution in [0.3, 0.4) is 0 Å². The van der Waals surface area contributed by atoms with Crippen molar-refractivity contribution in [2.75, 3.05) is 31.1 Å². The van der Waals surface area contributed by atoms with Gasteiger partial charge in [0.15, 0.2) is 0 Å². The summed E-state index contributed by atoms with van der Waals surface area (Å²) in [7, 11) is 0. The minimum Gasteiger partial charge on any atom is -0.394 e. The van der Waals surface area contributed by atoms with E-state index in [0.29, 0.717) is 36.6 Å². The maximum absolute atomic E-state index is 14.5. The van der Waals surface area contributed by atoms with Gasteiger partial charge < -0.3 is 19.8 Å². The van der Waals surface area contributed by atoms with Crippen LogP contribution < -0.4 is 4.90 Å². The molecule has 7 nitrogen and oxygen atoms in total. The fourth-order valence-corrected chi connectivity index (χ4v) is 9.07. The molecule has 2 unspecified atom stereocenters. The summed E-state index contributed by atoms with van der Waals surface area (Å²) < 4.78 is -0.742. The molecule has 0 radical (unpaired) electrons. The second-order valence-electron chi connectivity index (χ2n) is 10.3. The zero-order valence-corrected chi connectivity index (χ0v) is 23.8. The van der Waals surface area contributed by atoms with Crippen molar-refractivity contribution in [3.8, 4) is 0 Å². The lowest BCUT2D eigenvalue weighted by Gasteiger charge is -2.39. The van der Waals surface area contributed by atoms with E-state index in [1.807, 2.05) is 19.9 Å². The molecular weight excluding hydrogens is 522 g/mol. The summed E-state index contributed by atoms with van der Waals surface area (Å²) in [5.74, 6) is -1.61. The molecule has 38 heavy (non-hydrogen) atoms. The predicted octanol–water partition coefficient (Wildman–Crippen LogP) is 4.15. The molecule has 3 aliphatic heterocycles. The Morgan fingerprint density at radius 2 is 1.95 bits per heavy atom. The SMILES string of the molecule is C=CCN(CCC)C(=O)[C@@H]1[C@H]2C(=O)N([C@@H](CC)CO)C(C(=O)N(CC=C)c3ccccc3Cl)C23CC[C@H]1S3. The lowest BCUT2D eigenvalue weighted by atomic mass is 9.70. The van der Waals surface area contributed by atoms with Gasteiger partial charge in [0.2, 0.25) is 11.8 Å². The lowest BCUT2D eigenvalue weighted by Crippen LogP contribution is -2.57. The molecule has 3 heterocycles. The number of aliphatic hydroxyl groups excluding tert-OH is 1. The summed E-state index contributed by atoms with van der Waals surface area (Å²) in [6.07, 6.45) is 6.08. The summed E-state index contributed by atoms with van der Waals surface area (Å²) >= 11 is 8.16. The monoisotopic (exact) mass is 559 g/mol. The molecule has 3 amide bonds. The molecule has 3 aliphatic rings. The van der Waals surface area contributed by atoms with Crippen molar-refractivity contribution in [2.45, 2.75) is 61.6 Å². The zero-order chi connectivity index (χ0) is 27.6. The smallest absolute Gasteiger partial charge is 0.251 e. The fraction of sp³-hybridized carbons (Fsp3) is 0.552. The fourth-order valence-electron chi connectivity index (χ4n) is 6.64. The summed E-state index contributed by atoms with van der Waals surface area (Å²) in [5.41, 5.74) is 0.550. The highest BCUT2D eigenvalue weighted by molar-refractivity contribution is 8.02. The molecule has 1 aromatic carbocycles. The Kier molecular flexibility index (Phi) is 8.95. The van der Waals surface area contributed by atoms with Gasteiger partial charge in [-0.2, -0.15) is 0 Å². The highest BCUT2D eigenvalue weighted by Crippen LogP contribution is 2.67. The van der Waals surface area contributed by atoms with E-state index < -0.39 is 28.7 Å². The van der Waals surface area contributed by atoms with E-state index in [-0.39, 0.29) is 36.1 Å². The standard InChI is InChI=1S/C29H38ClN3O4S/c1-5-15-31(16-6-2)26(35)23-22-13-14-29(38-22)24(23)27(36)33(19(8-4)18-34)25(29)28(37)32(17-7-3)21-12-10-9-11-20(21)30/h5,7,9-12,19,22-25,34H,1,3,6,8,13-18H2,2,4H3/t19-,22+,23-,24-,25?,29?/m0/s1. The van der Waals surface area contributed by atoms with E-state index in [1.54, 1.807) is 56.8 Å². The molecule has 0 aliphatic carbocycles. The molecule has 9 heteroatoms. The molecule has 3 fully saturated rings. The van der Waals surface area contributed by atoms with Crippen molar-refractivity contribution in [1.82, 2.24) is 9.80 Å². The Labute approximate surface area is 234 Å². The number of nitrogens with zero attached hydrogens (tertiary/aromatic N) is 3. The number of fused-ring (bicyclic) bond motifs is 1. The summed E-state index contributed by atoms with van der Waals surface area (Å²) in [6.45, 7) is 12.6. The van der Waals surface area contributed by atoms with E-state index in [9.17, 15) is 19.5 Å². The lowest BCUT2D eigenvalue weighted by molar-refractivity contribution is -0.145. The van der Waals surface area contributed by atoms with E-state index in [0.717, 1.165) is 12.8 Å². The number of hydrogen-bond donors (Lipinski definition) is 1. The Bertz CT molecular complexity index is 1100. The van der Waals surface area contributed by atoms with Crippen LogP contribution in [0.5, 0.6) is 0 Å². The summed E-state index contributed by atoms with van der Waals surface area (Å²) in [5, 5.41) is 10.7. The van der Waals surface area contributed by atoms with Gasteiger partial charge in [-0.25, -0.2) is 0 Å². The van der Waals surface area contributed by atoms with Gasteiger partial charge in [0.1, 0.15) is 6.04 Å².